The second-order valence-corrected chi connectivity index (χ2v) is 4.30. The molecule has 0 unspecified atom stereocenters. The van der Waals surface area contributed by atoms with Crippen molar-refractivity contribution in [2.75, 3.05) is 13.1 Å². The van der Waals surface area contributed by atoms with Crippen LogP contribution in [0.4, 0.5) is 0 Å². The Balaban J connectivity index is 2.18. The van der Waals surface area contributed by atoms with E-state index < -0.39 is 0 Å². The largest absolute Gasteiger partial charge is 0.491 e. The van der Waals surface area contributed by atoms with Crippen molar-refractivity contribution in [3.63, 3.8) is 0 Å². The minimum atomic E-state index is 0.227. The molecular weight excluding hydrogens is 198 g/mol. The van der Waals surface area contributed by atoms with E-state index in [1.807, 2.05) is 19.9 Å². The third-order valence-electron chi connectivity index (χ3n) is 2.58. The van der Waals surface area contributed by atoms with Crippen LogP contribution in [0, 0.1) is 0 Å². The first kappa shape index (κ1) is 11.2. The standard InChI is InChI=1S/C14H18NO/c1-11(2)16-14-5-3-4-13(10-14)12-6-8-15-9-7-12/h3-6,10-11H,7-9H2,1-2H3. The average Bonchev–Trinajstić information content (AvgIpc) is 2.30. The van der Waals surface area contributed by atoms with Gasteiger partial charge in [0.15, 0.2) is 0 Å². The molecule has 85 valence electrons. The lowest BCUT2D eigenvalue weighted by molar-refractivity contribution is 0.242. The van der Waals surface area contributed by atoms with Gasteiger partial charge < -0.3 is 4.74 Å². The van der Waals surface area contributed by atoms with Crippen LogP contribution in [0.15, 0.2) is 30.3 Å². The molecule has 2 heteroatoms. The topological polar surface area (TPSA) is 23.3 Å². The lowest BCUT2D eigenvalue weighted by Gasteiger charge is -2.15. The zero-order valence-corrected chi connectivity index (χ0v) is 9.94. The summed E-state index contributed by atoms with van der Waals surface area (Å²) >= 11 is 0. The molecule has 0 fully saturated rings. The molecule has 0 bridgehead atoms. The Morgan fingerprint density at radius 3 is 2.88 bits per heavy atom. The molecule has 16 heavy (non-hydrogen) atoms. The number of hydrogen-bond donors (Lipinski definition) is 0. The fraction of sp³-hybridized carbons (Fsp3) is 0.429. The Labute approximate surface area is 97.3 Å². The van der Waals surface area contributed by atoms with E-state index in [-0.39, 0.29) is 6.10 Å². The van der Waals surface area contributed by atoms with E-state index in [1.165, 1.54) is 11.1 Å². The predicted molar refractivity (Wildman–Crippen MR) is 66.7 cm³/mol. The Morgan fingerprint density at radius 1 is 1.31 bits per heavy atom. The van der Waals surface area contributed by atoms with Gasteiger partial charge >= 0.3 is 0 Å². The lowest BCUT2D eigenvalue weighted by atomic mass is 10.0. The van der Waals surface area contributed by atoms with Gasteiger partial charge in [0.25, 0.3) is 0 Å². The SMILES string of the molecule is CC(C)Oc1cccc(C2=CC[N]CC2)c1. The van der Waals surface area contributed by atoms with Gasteiger partial charge in [-0.2, -0.15) is 0 Å². The summed E-state index contributed by atoms with van der Waals surface area (Å²) in [5.41, 5.74) is 2.66. The second-order valence-electron chi connectivity index (χ2n) is 4.30. The molecule has 1 aliphatic rings. The highest BCUT2D eigenvalue weighted by Gasteiger charge is 2.07. The molecule has 0 atom stereocenters. The van der Waals surface area contributed by atoms with E-state index in [2.05, 4.69) is 29.6 Å². The number of benzene rings is 1. The molecule has 1 aromatic rings. The highest BCUT2D eigenvalue weighted by atomic mass is 16.5. The first-order valence-corrected chi connectivity index (χ1v) is 5.85. The molecular formula is C14H18NO. The molecule has 0 spiro atoms. The van der Waals surface area contributed by atoms with Crippen molar-refractivity contribution >= 4 is 5.57 Å². The molecule has 2 rings (SSSR count). The van der Waals surface area contributed by atoms with Gasteiger partial charge in [0.2, 0.25) is 0 Å². The molecule has 0 saturated carbocycles. The van der Waals surface area contributed by atoms with Crippen molar-refractivity contribution in [1.29, 1.82) is 0 Å². The second kappa shape index (κ2) is 5.17. The fourth-order valence-electron chi connectivity index (χ4n) is 1.87. The maximum absolute atomic E-state index is 5.70. The van der Waals surface area contributed by atoms with Gasteiger partial charge in [0.05, 0.1) is 6.10 Å². The van der Waals surface area contributed by atoms with Gasteiger partial charge in [-0.25, -0.2) is 5.32 Å². The monoisotopic (exact) mass is 216 g/mol. The van der Waals surface area contributed by atoms with Crippen molar-refractivity contribution in [2.24, 2.45) is 0 Å². The molecule has 1 heterocycles. The van der Waals surface area contributed by atoms with Crippen molar-refractivity contribution in [3.8, 4) is 5.75 Å². The molecule has 2 nitrogen and oxygen atoms in total. The van der Waals surface area contributed by atoms with Crippen LogP contribution in [0.3, 0.4) is 0 Å². The van der Waals surface area contributed by atoms with E-state index in [0.29, 0.717) is 0 Å². The van der Waals surface area contributed by atoms with Crippen molar-refractivity contribution in [2.45, 2.75) is 26.4 Å². The summed E-state index contributed by atoms with van der Waals surface area (Å²) in [5, 5.41) is 4.32. The number of ether oxygens (including phenoxy) is 1. The minimum Gasteiger partial charge on any atom is -0.491 e. The van der Waals surface area contributed by atoms with Crippen molar-refractivity contribution in [3.05, 3.63) is 35.9 Å². The summed E-state index contributed by atoms with van der Waals surface area (Å²) in [5.74, 6) is 0.955. The summed E-state index contributed by atoms with van der Waals surface area (Å²) in [6.45, 7) is 5.89. The van der Waals surface area contributed by atoms with Crippen LogP contribution >= 0.6 is 0 Å². The lowest BCUT2D eigenvalue weighted by Crippen LogP contribution is -2.13. The van der Waals surface area contributed by atoms with Gasteiger partial charge in [-0.1, -0.05) is 18.2 Å². The molecule has 0 saturated heterocycles. The Morgan fingerprint density at radius 2 is 2.19 bits per heavy atom. The minimum absolute atomic E-state index is 0.227. The molecule has 0 amide bonds. The van der Waals surface area contributed by atoms with Crippen LogP contribution < -0.4 is 10.1 Å². The van der Waals surface area contributed by atoms with Gasteiger partial charge in [-0.3, -0.25) is 0 Å². The summed E-state index contributed by atoms with van der Waals surface area (Å²) in [4.78, 5) is 0. The van der Waals surface area contributed by atoms with Crippen LogP contribution in [-0.2, 0) is 0 Å². The molecule has 0 aliphatic carbocycles. The first-order chi connectivity index (χ1) is 7.75. The highest BCUT2D eigenvalue weighted by molar-refractivity contribution is 5.67. The number of hydrogen-bond acceptors (Lipinski definition) is 1. The number of nitrogens with zero attached hydrogens (tertiary/aromatic N) is 1. The first-order valence-electron chi connectivity index (χ1n) is 5.85. The van der Waals surface area contributed by atoms with E-state index in [1.54, 1.807) is 0 Å². The van der Waals surface area contributed by atoms with Crippen molar-refractivity contribution < 1.29 is 4.74 Å². The van der Waals surface area contributed by atoms with E-state index in [0.717, 1.165) is 25.3 Å². The van der Waals surface area contributed by atoms with Crippen LogP contribution in [0.25, 0.3) is 5.57 Å². The molecule has 1 aromatic carbocycles. The van der Waals surface area contributed by atoms with Crippen LogP contribution in [-0.4, -0.2) is 19.2 Å². The molecule has 1 aliphatic heterocycles. The van der Waals surface area contributed by atoms with Gasteiger partial charge in [-0.05, 0) is 43.5 Å². The molecule has 0 aromatic heterocycles. The van der Waals surface area contributed by atoms with Gasteiger partial charge in [0.1, 0.15) is 5.75 Å². The maximum atomic E-state index is 5.70. The van der Waals surface area contributed by atoms with Crippen LogP contribution in [0.1, 0.15) is 25.8 Å². The average molecular weight is 216 g/mol. The van der Waals surface area contributed by atoms with E-state index >= 15 is 0 Å². The van der Waals surface area contributed by atoms with Gasteiger partial charge in [0, 0.05) is 13.1 Å². The van der Waals surface area contributed by atoms with Crippen molar-refractivity contribution in [1.82, 2.24) is 5.32 Å². The molecule has 1 radical (unpaired) electrons. The Hall–Kier alpha value is -1.28. The zero-order chi connectivity index (χ0) is 11.4. The smallest absolute Gasteiger partial charge is 0.120 e. The zero-order valence-electron chi connectivity index (χ0n) is 9.94. The quantitative estimate of drug-likeness (QED) is 0.762. The summed E-state index contributed by atoms with van der Waals surface area (Å²) in [7, 11) is 0. The summed E-state index contributed by atoms with van der Waals surface area (Å²) in [6, 6.07) is 8.33. The maximum Gasteiger partial charge on any atom is 0.120 e. The van der Waals surface area contributed by atoms with Gasteiger partial charge in [-0.15, -0.1) is 0 Å². The highest BCUT2D eigenvalue weighted by Crippen LogP contribution is 2.24. The summed E-state index contributed by atoms with van der Waals surface area (Å²) in [6.07, 6.45) is 3.48. The van der Waals surface area contributed by atoms with E-state index in [4.69, 9.17) is 4.74 Å². The third kappa shape index (κ3) is 2.86. The fourth-order valence-corrected chi connectivity index (χ4v) is 1.87. The number of rotatable bonds is 3. The van der Waals surface area contributed by atoms with Crippen LogP contribution in [0.5, 0.6) is 5.75 Å². The normalized spacial score (nSPS) is 16.1. The Kier molecular flexibility index (Phi) is 3.62. The van der Waals surface area contributed by atoms with Crippen LogP contribution in [0.2, 0.25) is 0 Å². The predicted octanol–water partition coefficient (Wildman–Crippen LogP) is 2.87. The molecule has 0 N–H and O–H groups in total. The summed E-state index contributed by atoms with van der Waals surface area (Å²) < 4.78 is 5.70. The third-order valence-corrected chi connectivity index (χ3v) is 2.58. The van der Waals surface area contributed by atoms with E-state index in [9.17, 15) is 0 Å². The Bertz CT molecular complexity index is 382.